The van der Waals surface area contributed by atoms with Gasteiger partial charge in [0.25, 0.3) is 6.43 Å². The molecule has 0 spiro atoms. The van der Waals surface area contributed by atoms with Crippen molar-refractivity contribution in [3.63, 3.8) is 0 Å². The fourth-order valence-corrected chi connectivity index (χ4v) is 2.84. The lowest BCUT2D eigenvalue weighted by Gasteiger charge is -2.27. The maximum absolute atomic E-state index is 13.4. The van der Waals surface area contributed by atoms with Gasteiger partial charge in [0, 0.05) is 17.3 Å². The summed E-state index contributed by atoms with van der Waals surface area (Å²) in [6.07, 6.45) is -0.637. The Balaban J connectivity index is 2.21. The van der Waals surface area contributed by atoms with Crippen LogP contribution in [0.15, 0.2) is 30.5 Å². The van der Waals surface area contributed by atoms with Crippen molar-refractivity contribution in [1.29, 1.82) is 0 Å². The fourth-order valence-electron chi connectivity index (χ4n) is 2.84. The first-order valence-corrected chi connectivity index (χ1v) is 8.44. The van der Waals surface area contributed by atoms with E-state index in [1.54, 1.807) is 18.2 Å². The van der Waals surface area contributed by atoms with Crippen LogP contribution in [-0.4, -0.2) is 22.1 Å². The van der Waals surface area contributed by atoms with Crippen LogP contribution in [0.3, 0.4) is 0 Å². The molecular formula is C19H24F3N3O. The van der Waals surface area contributed by atoms with E-state index in [1.807, 2.05) is 6.92 Å². The van der Waals surface area contributed by atoms with E-state index in [-0.39, 0.29) is 18.0 Å². The van der Waals surface area contributed by atoms with Crippen molar-refractivity contribution in [3.05, 3.63) is 41.9 Å². The van der Waals surface area contributed by atoms with Crippen LogP contribution < -0.4 is 10.5 Å². The summed E-state index contributed by atoms with van der Waals surface area (Å²) < 4.78 is 44.7. The van der Waals surface area contributed by atoms with Gasteiger partial charge in [-0.2, -0.15) is 0 Å². The first-order chi connectivity index (χ1) is 12.2. The Kier molecular flexibility index (Phi) is 6.58. The molecule has 1 atom stereocenters. The highest BCUT2D eigenvalue weighted by Gasteiger charge is 2.22. The highest BCUT2D eigenvalue weighted by Crippen LogP contribution is 2.27. The van der Waals surface area contributed by atoms with E-state index in [0.29, 0.717) is 22.9 Å². The number of aromatic nitrogens is 2. The van der Waals surface area contributed by atoms with E-state index >= 15 is 0 Å². The molecule has 2 N–H and O–H groups in total. The smallest absolute Gasteiger partial charge is 0.280 e. The molecule has 0 aliphatic carbocycles. The number of rotatable bonds is 8. The summed E-state index contributed by atoms with van der Waals surface area (Å²) in [5.41, 5.74) is 6.25. The molecule has 2 aromatic rings. The molecule has 7 heteroatoms. The third kappa shape index (κ3) is 5.42. The molecular weight excluding hydrogens is 343 g/mol. The van der Waals surface area contributed by atoms with Crippen LogP contribution in [0.2, 0.25) is 0 Å². The van der Waals surface area contributed by atoms with Gasteiger partial charge in [-0.1, -0.05) is 13.8 Å². The number of alkyl halides is 3. The lowest BCUT2D eigenvalue weighted by atomic mass is 9.93. The standard InChI is InChI=1S/C19H24F3N3O/c1-12(2)9-19(3,23)11-26-17-5-4-14(25-16(17)10-20)13-6-7-24-15(8-13)18(21)22/h4-8,12,18H,9-11,23H2,1-3H3/t19-/m0/s1. The second-order valence-corrected chi connectivity index (χ2v) is 7.09. The molecule has 0 saturated carbocycles. The molecule has 0 radical (unpaired) electrons. The summed E-state index contributed by atoms with van der Waals surface area (Å²) in [6.45, 7) is 5.41. The Morgan fingerprint density at radius 1 is 1.23 bits per heavy atom. The predicted octanol–water partition coefficient (Wildman–Crippen LogP) is 4.69. The van der Waals surface area contributed by atoms with Gasteiger partial charge in [0.2, 0.25) is 0 Å². The second kappa shape index (κ2) is 8.49. The predicted molar refractivity (Wildman–Crippen MR) is 94.8 cm³/mol. The second-order valence-electron chi connectivity index (χ2n) is 7.09. The molecule has 0 bridgehead atoms. The summed E-state index contributed by atoms with van der Waals surface area (Å²) in [5.74, 6) is 0.713. The monoisotopic (exact) mass is 367 g/mol. The normalized spacial score (nSPS) is 13.9. The van der Waals surface area contributed by atoms with E-state index in [9.17, 15) is 13.2 Å². The maximum atomic E-state index is 13.4. The van der Waals surface area contributed by atoms with Crippen LogP contribution >= 0.6 is 0 Å². The Morgan fingerprint density at radius 2 is 1.96 bits per heavy atom. The van der Waals surface area contributed by atoms with Crippen LogP contribution in [0.5, 0.6) is 5.75 Å². The quantitative estimate of drug-likeness (QED) is 0.735. The van der Waals surface area contributed by atoms with Crippen LogP contribution in [0.25, 0.3) is 11.3 Å². The molecule has 26 heavy (non-hydrogen) atoms. The largest absolute Gasteiger partial charge is 0.490 e. The van der Waals surface area contributed by atoms with Gasteiger partial charge in [-0.25, -0.2) is 18.2 Å². The molecule has 0 fully saturated rings. The van der Waals surface area contributed by atoms with E-state index in [0.717, 1.165) is 6.42 Å². The van der Waals surface area contributed by atoms with Crippen molar-refractivity contribution < 1.29 is 17.9 Å². The Hall–Kier alpha value is -2.15. The van der Waals surface area contributed by atoms with E-state index in [1.165, 1.54) is 12.3 Å². The molecule has 0 aromatic carbocycles. The van der Waals surface area contributed by atoms with Crippen molar-refractivity contribution in [3.8, 4) is 17.0 Å². The Labute approximate surface area is 151 Å². The highest BCUT2D eigenvalue weighted by molar-refractivity contribution is 5.60. The zero-order valence-corrected chi connectivity index (χ0v) is 15.2. The van der Waals surface area contributed by atoms with Gasteiger partial charge in [0.15, 0.2) is 0 Å². The summed E-state index contributed by atoms with van der Waals surface area (Å²) in [5, 5.41) is 0. The fraction of sp³-hybridized carbons (Fsp3) is 0.474. The van der Waals surface area contributed by atoms with E-state index < -0.39 is 18.6 Å². The van der Waals surface area contributed by atoms with Crippen LogP contribution in [0.1, 0.15) is 45.0 Å². The van der Waals surface area contributed by atoms with Gasteiger partial charge < -0.3 is 10.5 Å². The van der Waals surface area contributed by atoms with E-state index in [2.05, 4.69) is 23.8 Å². The summed E-state index contributed by atoms with van der Waals surface area (Å²) >= 11 is 0. The lowest BCUT2D eigenvalue weighted by molar-refractivity contribution is 0.146. The molecule has 0 saturated heterocycles. The minimum absolute atomic E-state index is 0.109. The van der Waals surface area contributed by atoms with Gasteiger partial charge >= 0.3 is 0 Å². The average molecular weight is 367 g/mol. The minimum Gasteiger partial charge on any atom is -0.490 e. The van der Waals surface area contributed by atoms with Crippen LogP contribution in [0.4, 0.5) is 13.2 Å². The molecule has 2 heterocycles. The first-order valence-electron chi connectivity index (χ1n) is 8.44. The van der Waals surface area contributed by atoms with Crippen molar-refractivity contribution in [1.82, 2.24) is 9.97 Å². The number of halogens is 3. The Bertz CT molecular complexity index is 736. The van der Waals surface area contributed by atoms with Gasteiger partial charge in [-0.3, -0.25) is 4.98 Å². The highest BCUT2D eigenvalue weighted by atomic mass is 19.3. The van der Waals surface area contributed by atoms with Crippen molar-refractivity contribution >= 4 is 0 Å². The molecule has 142 valence electrons. The van der Waals surface area contributed by atoms with Crippen molar-refractivity contribution in [2.24, 2.45) is 11.7 Å². The zero-order valence-electron chi connectivity index (χ0n) is 15.2. The topological polar surface area (TPSA) is 61.0 Å². The molecule has 2 rings (SSSR count). The lowest BCUT2D eigenvalue weighted by Crippen LogP contribution is -2.43. The van der Waals surface area contributed by atoms with Crippen LogP contribution in [0, 0.1) is 5.92 Å². The first kappa shape index (κ1) is 20.2. The molecule has 2 aromatic heterocycles. The SMILES string of the molecule is CC(C)C[C@](C)(N)COc1ccc(-c2ccnc(C(F)F)c2)nc1CF. The van der Waals surface area contributed by atoms with Gasteiger partial charge in [-0.15, -0.1) is 0 Å². The molecule has 0 amide bonds. The number of pyridine rings is 2. The van der Waals surface area contributed by atoms with Crippen molar-refractivity contribution in [2.75, 3.05) is 6.61 Å². The Morgan fingerprint density at radius 3 is 2.58 bits per heavy atom. The van der Waals surface area contributed by atoms with Gasteiger partial charge in [-0.05, 0) is 43.5 Å². The number of nitrogens with two attached hydrogens (primary N) is 1. The molecule has 0 aliphatic rings. The molecule has 4 nitrogen and oxygen atoms in total. The summed E-state index contributed by atoms with van der Waals surface area (Å²) in [6, 6.07) is 5.99. The third-order valence-electron chi connectivity index (χ3n) is 3.79. The van der Waals surface area contributed by atoms with Gasteiger partial charge in [0.05, 0.1) is 5.69 Å². The zero-order chi connectivity index (χ0) is 19.3. The number of hydrogen-bond donors (Lipinski definition) is 1. The van der Waals surface area contributed by atoms with Crippen LogP contribution in [-0.2, 0) is 6.67 Å². The maximum Gasteiger partial charge on any atom is 0.280 e. The number of ether oxygens (including phenoxy) is 1. The molecule has 0 unspecified atom stereocenters. The number of nitrogens with zero attached hydrogens (tertiary/aromatic N) is 2. The minimum atomic E-state index is -2.68. The number of hydrogen-bond acceptors (Lipinski definition) is 4. The van der Waals surface area contributed by atoms with Gasteiger partial charge in [0.1, 0.15) is 30.4 Å². The average Bonchev–Trinajstić information content (AvgIpc) is 2.59. The van der Waals surface area contributed by atoms with E-state index in [4.69, 9.17) is 10.5 Å². The third-order valence-corrected chi connectivity index (χ3v) is 3.79. The summed E-state index contributed by atoms with van der Waals surface area (Å²) in [4.78, 5) is 7.82. The van der Waals surface area contributed by atoms with Crippen molar-refractivity contribution in [2.45, 2.75) is 45.8 Å². The summed E-state index contributed by atoms with van der Waals surface area (Å²) in [7, 11) is 0. The molecule has 0 aliphatic heterocycles.